The molecule has 0 aliphatic carbocycles. The standard InChI is InChI=1S/C13H14N2O2/c1-9-12(13(16)17-2)11(8-14-15-9)10-6-4-3-5-7-10/h3-8,11,15H,1-2H3. The molecule has 4 heteroatoms. The molecule has 0 bridgehead atoms. The third-order valence-electron chi connectivity index (χ3n) is 2.73. The molecular weight excluding hydrogens is 216 g/mol. The van der Waals surface area contributed by atoms with Crippen molar-refractivity contribution in [2.45, 2.75) is 12.8 Å². The van der Waals surface area contributed by atoms with Gasteiger partial charge in [0, 0.05) is 11.9 Å². The van der Waals surface area contributed by atoms with Crippen LogP contribution in [0, 0.1) is 0 Å². The van der Waals surface area contributed by atoms with Gasteiger partial charge in [-0.2, -0.15) is 5.10 Å². The average Bonchev–Trinajstić information content (AvgIpc) is 2.38. The second kappa shape index (κ2) is 4.82. The molecule has 0 amide bonds. The number of esters is 1. The Kier molecular flexibility index (Phi) is 3.23. The highest BCUT2D eigenvalue weighted by Gasteiger charge is 2.26. The maximum Gasteiger partial charge on any atom is 0.336 e. The summed E-state index contributed by atoms with van der Waals surface area (Å²) < 4.78 is 4.81. The topological polar surface area (TPSA) is 50.7 Å². The van der Waals surface area contributed by atoms with E-state index in [4.69, 9.17) is 4.74 Å². The van der Waals surface area contributed by atoms with Crippen molar-refractivity contribution in [1.82, 2.24) is 5.43 Å². The van der Waals surface area contributed by atoms with E-state index in [2.05, 4.69) is 10.5 Å². The first-order valence-electron chi connectivity index (χ1n) is 5.37. The summed E-state index contributed by atoms with van der Waals surface area (Å²) in [5.41, 5.74) is 5.16. The van der Waals surface area contributed by atoms with Crippen LogP contribution in [0.2, 0.25) is 0 Å². The quantitative estimate of drug-likeness (QED) is 0.788. The van der Waals surface area contributed by atoms with Gasteiger partial charge in [0.25, 0.3) is 0 Å². The Morgan fingerprint density at radius 2 is 2.06 bits per heavy atom. The number of ether oxygens (including phenoxy) is 1. The number of hydrogen-bond donors (Lipinski definition) is 1. The normalized spacial score (nSPS) is 18.8. The maximum atomic E-state index is 11.8. The summed E-state index contributed by atoms with van der Waals surface area (Å²) in [5.74, 6) is -0.472. The summed E-state index contributed by atoms with van der Waals surface area (Å²) in [4.78, 5) is 11.8. The fraction of sp³-hybridized carbons (Fsp3) is 0.231. The molecule has 1 aliphatic heterocycles. The molecule has 1 heterocycles. The number of carbonyl (C=O) groups excluding carboxylic acids is 1. The van der Waals surface area contributed by atoms with Crippen molar-refractivity contribution >= 4 is 12.2 Å². The van der Waals surface area contributed by atoms with Gasteiger partial charge in [-0.1, -0.05) is 30.3 Å². The third kappa shape index (κ3) is 2.20. The van der Waals surface area contributed by atoms with E-state index in [1.165, 1.54) is 7.11 Å². The summed E-state index contributed by atoms with van der Waals surface area (Å²) >= 11 is 0. The zero-order valence-electron chi connectivity index (χ0n) is 9.81. The van der Waals surface area contributed by atoms with Gasteiger partial charge >= 0.3 is 5.97 Å². The lowest BCUT2D eigenvalue weighted by Crippen LogP contribution is -2.24. The van der Waals surface area contributed by atoms with Crippen molar-refractivity contribution in [2.24, 2.45) is 5.10 Å². The van der Waals surface area contributed by atoms with E-state index in [0.29, 0.717) is 5.57 Å². The lowest BCUT2D eigenvalue weighted by atomic mass is 9.90. The van der Waals surface area contributed by atoms with E-state index in [-0.39, 0.29) is 11.9 Å². The molecule has 1 aliphatic rings. The molecule has 0 saturated carbocycles. The Bertz CT molecular complexity index is 477. The summed E-state index contributed by atoms with van der Waals surface area (Å²) in [6, 6.07) is 9.76. The second-order valence-corrected chi connectivity index (χ2v) is 3.81. The minimum atomic E-state index is -0.324. The highest BCUT2D eigenvalue weighted by molar-refractivity contribution is 5.97. The summed E-state index contributed by atoms with van der Waals surface area (Å²) in [7, 11) is 1.39. The van der Waals surface area contributed by atoms with Crippen molar-refractivity contribution in [2.75, 3.05) is 7.11 Å². The molecule has 17 heavy (non-hydrogen) atoms. The minimum Gasteiger partial charge on any atom is -0.466 e. The Labute approximate surface area is 100.0 Å². The van der Waals surface area contributed by atoms with Crippen molar-refractivity contribution in [3.8, 4) is 0 Å². The number of carbonyl (C=O) groups is 1. The SMILES string of the molecule is COC(=O)C1=C(C)NN=CC1c1ccccc1. The predicted octanol–water partition coefficient (Wildman–Crippen LogP) is 1.81. The van der Waals surface area contributed by atoms with Gasteiger partial charge < -0.3 is 4.74 Å². The number of nitrogens with zero attached hydrogens (tertiary/aromatic N) is 1. The number of hydrogen-bond acceptors (Lipinski definition) is 4. The van der Waals surface area contributed by atoms with Crippen molar-refractivity contribution < 1.29 is 9.53 Å². The fourth-order valence-electron chi connectivity index (χ4n) is 1.88. The third-order valence-corrected chi connectivity index (χ3v) is 2.73. The van der Waals surface area contributed by atoms with Gasteiger partial charge in [0.2, 0.25) is 0 Å². The summed E-state index contributed by atoms with van der Waals surface area (Å²) in [6.45, 7) is 1.82. The van der Waals surface area contributed by atoms with E-state index in [1.807, 2.05) is 37.3 Å². The highest BCUT2D eigenvalue weighted by atomic mass is 16.5. The van der Waals surface area contributed by atoms with Gasteiger partial charge in [0.15, 0.2) is 0 Å². The van der Waals surface area contributed by atoms with Crippen molar-refractivity contribution in [1.29, 1.82) is 0 Å². The van der Waals surface area contributed by atoms with Crippen molar-refractivity contribution in [3.05, 3.63) is 47.2 Å². The van der Waals surface area contributed by atoms with Crippen LogP contribution in [0.1, 0.15) is 18.4 Å². The van der Waals surface area contributed by atoms with Gasteiger partial charge in [-0.25, -0.2) is 4.79 Å². The van der Waals surface area contributed by atoms with Gasteiger partial charge in [-0.15, -0.1) is 0 Å². The number of benzene rings is 1. The molecule has 1 atom stereocenters. The first kappa shape index (κ1) is 11.4. The Balaban J connectivity index is 2.42. The summed E-state index contributed by atoms with van der Waals surface area (Å²) in [5, 5.41) is 4.04. The molecule has 1 aromatic carbocycles. The lowest BCUT2D eigenvalue weighted by molar-refractivity contribution is -0.136. The van der Waals surface area contributed by atoms with Crippen LogP contribution in [0.4, 0.5) is 0 Å². The Morgan fingerprint density at radius 1 is 1.35 bits per heavy atom. The molecule has 1 aromatic rings. The molecule has 0 radical (unpaired) electrons. The molecule has 88 valence electrons. The molecule has 0 fully saturated rings. The van der Waals surface area contributed by atoms with Crippen LogP contribution in [-0.2, 0) is 9.53 Å². The maximum absolute atomic E-state index is 11.8. The number of nitrogens with one attached hydrogen (secondary N) is 1. The van der Waals surface area contributed by atoms with Gasteiger partial charge in [-0.3, -0.25) is 5.43 Å². The zero-order chi connectivity index (χ0) is 12.3. The number of hydrazone groups is 1. The number of allylic oxidation sites excluding steroid dienone is 1. The van der Waals surface area contributed by atoms with Gasteiger partial charge in [-0.05, 0) is 12.5 Å². The van der Waals surface area contributed by atoms with Crippen molar-refractivity contribution in [3.63, 3.8) is 0 Å². The number of rotatable bonds is 2. The van der Waals surface area contributed by atoms with Crippen LogP contribution in [0.25, 0.3) is 0 Å². The van der Waals surface area contributed by atoms with Crippen LogP contribution < -0.4 is 5.43 Å². The monoisotopic (exact) mass is 230 g/mol. The van der Waals surface area contributed by atoms with Gasteiger partial charge in [0.05, 0.1) is 18.6 Å². The first-order valence-corrected chi connectivity index (χ1v) is 5.37. The van der Waals surface area contributed by atoms with Crippen LogP contribution in [0.5, 0.6) is 0 Å². The van der Waals surface area contributed by atoms with E-state index in [9.17, 15) is 4.79 Å². The second-order valence-electron chi connectivity index (χ2n) is 3.81. The minimum absolute atomic E-state index is 0.148. The largest absolute Gasteiger partial charge is 0.466 e. The molecule has 1 unspecified atom stereocenters. The lowest BCUT2D eigenvalue weighted by Gasteiger charge is -2.21. The smallest absolute Gasteiger partial charge is 0.336 e. The molecule has 0 spiro atoms. The fourth-order valence-corrected chi connectivity index (χ4v) is 1.88. The van der Waals surface area contributed by atoms with Crippen LogP contribution in [-0.4, -0.2) is 19.3 Å². The van der Waals surface area contributed by atoms with E-state index < -0.39 is 0 Å². The van der Waals surface area contributed by atoms with Crippen LogP contribution >= 0.6 is 0 Å². The predicted molar refractivity (Wildman–Crippen MR) is 65.5 cm³/mol. The molecular formula is C13H14N2O2. The average molecular weight is 230 g/mol. The molecule has 1 N–H and O–H groups in total. The van der Waals surface area contributed by atoms with E-state index in [1.54, 1.807) is 6.21 Å². The zero-order valence-corrected chi connectivity index (χ0v) is 9.81. The molecule has 0 aromatic heterocycles. The van der Waals surface area contributed by atoms with Crippen LogP contribution in [0.3, 0.4) is 0 Å². The summed E-state index contributed by atoms with van der Waals surface area (Å²) in [6.07, 6.45) is 1.72. The highest BCUT2D eigenvalue weighted by Crippen LogP contribution is 2.27. The Morgan fingerprint density at radius 3 is 2.71 bits per heavy atom. The van der Waals surface area contributed by atoms with Crippen LogP contribution in [0.15, 0.2) is 46.7 Å². The molecule has 0 saturated heterocycles. The molecule has 4 nitrogen and oxygen atoms in total. The van der Waals surface area contributed by atoms with Gasteiger partial charge in [0.1, 0.15) is 0 Å². The van der Waals surface area contributed by atoms with E-state index in [0.717, 1.165) is 11.3 Å². The Hall–Kier alpha value is -2.10. The first-order chi connectivity index (χ1) is 8.24. The molecule has 2 rings (SSSR count). The number of methoxy groups -OCH3 is 1. The van der Waals surface area contributed by atoms with E-state index >= 15 is 0 Å².